The fourth-order valence-corrected chi connectivity index (χ4v) is 15.6. The molecule has 9 amide bonds. The lowest BCUT2D eigenvalue weighted by molar-refractivity contribution is -0.334. The summed E-state index contributed by atoms with van der Waals surface area (Å²) in [6.45, 7) is 5.25. The molecule has 2 saturated heterocycles. The van der Waals surface area contributed by atoms with E-state index in [2.05, 4.69) is 58.3 Å². The Kier molecular flexibility index (Phi) is 30.5. The number of nitrogens with one attached hydrogen (secondary N) is 10. The highest BCUT2D eigenvalue weighted by Crippen LogP contribution is 2.50. The summed E-state index contributed by atoms with van der Waals surface area (Å²) in [7, 11) is 2.80. The summed E-state index contributed by atoms with van der Waals surface area (Å²) in [5, 5.41) is 130. The number of primary amides is 1. The summed E-state index contributed by atoms with van der Waals surface area (Å²) in [6.07, 6.45) is -15.4. The zero-order valence-electron chi connectivity index (χ0n) is 68.7. The standard InChI is InChI=1S/C84H94Cl3N13O27/c1-36(2)25-49(89-5)75(112)97-66-68(107)40-11-16-53(47(86)27-40)123-55-29-42-30-56(72(55)127-82-73(71(110)70(109)57(35-101)125-82)126-61-34-84(4,74(111)37(3)122-61)90-20-22-100-21-19-59(93-83(100)119)92-60(106)18-9-38-7-13-43(85)14-8-38)124-54-17-12-41(28-48(54)87)69(108)67-80(117)96-65(81(118)99-121-24-23-120-6)46-31-44(102)32-52(104)62(46)45-26-39(10-15-51(45)103)63(77(114)98-67)95-78(115)64(42)94-76(113)50(33-58(88)105)91-79(66)116/h7-19,21,26-32,36-37,49-50,57,61,63-71,73-74,82,89-90,101-104,107-111H,20,22-25,33-35H2,1-6H3,(H2,88,105)(H,91,116)(H,94,113)(H,95,115)(H,96,117)(H,97,112)(H,98,114)(H,99,118)(H,92,93,106,119)/b18-9+/t37?,49?,50?,57?,61?,63?,64?,65-,66?,67?,68?,69?,70?,71?,73?,74?,82?,84-/m1/s1. The first kappa shape index (κ1) is 94.5. The van der Waals surface area contributed by atoms with Crippen LogP contribution in [-0.2, 0) is 73.5 Å². The van der Waals surface area contributed by atoms with Crippen molar-refractivity contribution < 1.29 is 127 Å². The molecule has 678 valence electrons. The van der Waals surface area contributed by atoms with Crippen LogP contribution in [0.4, 0.5) is 5.82 Å². The highest BCUT2D eigenvalue weighted by atomic mass is 35.5. The fourth-order valence-electron chi connectivity index (χ4n) is 15.0. The minimum atomic E-state index is -2.40. The van der Waals surface area contributed by atoms with Gasteiger partial charge >= 0.3 is 5.69 Å². The third-order valence-electron chi connectivity index (χ3n) is 21.6. The third kappa shape index (κ3) is 22.1. The van der Waals surface area contributed by atoms with Crippen LogP contribution in [-0.4, -0.2) is 228 Å². The van der Waals surface area contributed by atoms with E-state index < -0.39 is 254 Å². The van der Waals surface area contributed by atoms with Crippen LogP contribution >= 0.6 is 34.8 Å². The van der Waals surface area contributed by atoms with Gasteiger partial charge in [-0.15, -0.1) is 0 Å². The van der Waals surface area contributed by atoms with Gasteiger partial charge in [-0.2, -0.15) is 4.98 Å². The lowest BCUT2D eigenvalue weighted by atomic mass is 9.85. The Labute approximate surface area is 738 Å². The number of methoxy groups -OCH3 is 1. The highest BCUT2D eigenvalue weighted by molar-refractivity contribution is 6.32. The number of phenolic OH excluding ortho intramolecular Hbond substituents is 3. The fraction of sp³-hybridized carbons (Fsp3) is 0.393. The number of nitrogens with zero attached hydrogens (tertiary/aromatic N) is 2. The van der Waals surface area contributed by atoms with E-state index in [4.69, 9.17) is 78.5 Å². The Morgan fingerprint density at radius 1 is 0.724 bits per heavy atom. The summed E-state index contributed by atoms with van der Waals surface area (Å²) in [6, 6.07) is 7.56. The number of rotatable bonds is 24. The summed E-state index contributed by atoms with van der Waals surface area (Å²) in [5.74, 6) is -16.2. The van der Waals surface area contributed by atoms with Crippen molar-refractivity contribution in [1.82, 2.24) is 57.6 Å². The number of hydroxylamine groups is 1. The van der Waals surface area contributed by atoms with Gasteiger partial charge in [-0.25, -0.2) is 10.3 Å². The molecule has 0 radical (unpaired) electrons. The number of amides is 9. The number of hydrogen-bond donors (Lipinski definition) is 20. The molecule has 7 aliphatic rings. The summed E-state index contributed by atoms with van der Waals surface area (Å²) in [4.78, 5) is 156. The van der Waals surface area contributed by atoms with Gasteiger partial charge < -0.3 is 133 Å². The van der Waals surface area contributed by atoms with Crippen LogP contribution in [0.15, 0.2) is 126 Å². The molecule has 6 aromatic carbocycles. The largest absolute Gasteiger partial charge is 0.508 e. The quantitative estimate of drug-likeness (QED) is 0.0233. The molecule has 11 bridgehead atoms. The van der Waals surface area contributed by atoms with Crippen LogP contribution in [0, 0.1) is 5.92 Å². The third-order valence-corrected chi connectivity index (χ3v) is 22.5. The monoisotopic (exact) mass is 1820 g/mol. The Bertz CT molecular complexity index is 5400. The molecule has 14 rings (SSSR count). The van der Waals surface area contributed by atoms with E-state index in [1.807, 2.05) is 13.8 Å². The van der Waals surface area contributed by atoms with E-state index in [1.165, 1.54) is 62.2 Å². The van der Waals surface area contributed by atoms with Gasteiger partial charge in [-0.1, -0.05) is 79.0 Å². The predicted molar refractivity (Wildman–Crippen MR) is 449 cm³/mol. The SMILES string of the molecule is CNC(CC(C)C)C(=O)NC1C(=O)NC(CC(N)=O)C(=O)NC2C(=O)NC3C(=O)NC(C(=O)N[C@@H](C(=O)NOCCOC)c4cc(O)cc(O)c4-c4cc3ccc4O)C(O)c3ccc(c(Cl)c3)Oc3cc2cc(c3OC2OC(CO)C(O)C(O)C2OC2C[C@@](C)(NCCn3ccc(NC(=O)/C=C/c4ccc(Cl)cc4)nc3=O)C(O)C(C)O2)Oc2ccc(cc2Cl)C1O. The summed E-state index contributed by atoms with van der Waals surface area (Å²) >= 11 is 20.4. The summed E-state index contributed by atoms with van der Waals surface area (Å²) < 4.78 is 45.7. The van der Waals surface area contributed by atoms with Crippen LogP contribution in [0.1, 0.15) is 111 Å². The molecule has 0 aliphatic carbocycles. The van der Waals surface area contributed by atoms with Gasteiger partial charge in [0.05, 0.1) is 54.5 Å². The molecule has 18 atom stereocenters. The molecule has 127 heavy (non-hydrogen) atoms. The van der Waals surface area contributed by atoms with Crippen LogP contribution in [0.5, 0.6) is 46.0 Å². The smallest absolute Gasteiger partial charge is 0.349 e. The first-order valence-corrected chi connectivity index (χ1v) is 41.0. The number of ether oxygens (including phenoxy) is 7. The molecule has 1 aromatic heterocycles. The van der Waals surface area contributed by atoms with Crippen molar-refractivity contribution in [3.63, 3.8) is 0 Å². The van der Waals surface area contributed by atoms with E-state index in [1.54, 1.807) is 31.2 Å². The van der Waals surface area contributed by atoms with Gasteiger partial charge in [-0.3, -0.25) is 52.6 Å². The van der Waals surface area contributed by atoms with Crippen molar-refractivity contribution >= 4 is 99.9 Å². The normalized spacial score (nSPS) is 25.8. The average molecular weight is 1820 g/mol. The van der Waals surface area contributed by atoms with Crippen molar-refractivity contribution in [3.8, 4) is 57.1 Å². The predicted octanol–water partition coefficient (Wildman–Crippen LogP) is 1.91. The minimum Gasteiger partial charge on any atom is -0.508 e. The maximum Gasteiger partial charge on any atom is 0.349 e. The van der Waals surface area contributed by atoms with Gasteiger partial charge in [0.2, 0.25) is 59.3 Å². The number of fused-ring (bicyclic) bond motifs is 15. The maximum absolute atomic E-state index is 16.4. The number of nitrogens with two attached hydrogens (primary N) is 1. The maximum atomic E-state index is 16.4. The molecule has 21 N–H and O–H groups in total. The molecular formula is C84H94Cl3N13O27. The lowest BCUT2D eigenvalue weighted by Crippen LogP contribution is -2.65. The molecule has 2 fully saturated rings. The zero-order chi connectivity index (χ0) is 91.7. The topological polar surface area (TPSA) is 591 Å². The van der Waals surface area contributed by atoms with Crippen LogP contribution in [0.2, 0.25) is 15.1 Å². The number of carbonyl (C=O) groups excluding carboxylic acids is 9. The van der Waals surface area contributed by atoms with E-state index in [9.17, 15) is 69.9 Å². The van der Waals surface area contributed by atoms with E-state index in [-0.39, 0.29) is 73.3 Å². The minimum absolute atomic E-state index is 0.0358. The molecule has 16 unspecified atom stereocenters. The second-order valence-corrected chi connectivity index (χ2v) is 32.4. The molecule has 0 saturated carbocycles. The first-order valence-electron chi connectivity index (χ1n) is 39.8. The second-order valence-electron chi connectivity index (χ2n) is 31.2. The number of aromatic nitrogens is 2. The molecule has 7 aromatic rings. The molecule has 8 heterocycles. The second kappa shape index (κ2) is 41.0. The number of phenols is 3. The number of aromatic hydroxyl groups is 3. The Morgan fingerprint density at radius 3 is 2.02 bits per heavy atom. The first-order chi connectivity index (χ1) is 60.4. The van der Waals surface area contributed by atoms with Crippen LogP contribution in [0.3, 0.4) is 0 Å². The zero-order valence-corrected chi connectivity index (χ0v) is 70.9. The van der Waals surface area contributed by atoms with E-state index >= 15 is 24.0 Å². The van der Waals surface area contributed by atoms with Gasteiger partial charge in [0.1, 0.15) is 101 Å². The summed E-state index contributed by atoms with van der Waals surface area (Å²) in [5.41, 5.74) is 3.75. The van der Waals surface area contributed by atoms with Gasteiger partial charge in [0, 0.05) is 66.6 Å². The number of aliphatic hydroxyl groups is 6. The molecule has 0 spiro atoms. The number of hydrogen-bond acceptors (Lipinski definition) is 30. The van der Waals surface area contributed by atoms with Crippen LogP contribution in [0.25, 0.3) is 17.2 Å². The van der Waals surface area contributed by atoms with E-state index in [0.29, 0.717) is 10.6 Å². The Hall–Kier alpha value is -11.7. The average Bonchev–Trinajstić information content (AvgIpc) is 0.767. The van der Waals surface area contributed by atoms with Crippen LogP contribution < -0.4 is 79.0 Å². The molecular weight excluding hydrogens is 1730 g/mol. The van der Waals surface area contributed by atoms with Gasteiger partial charge in [-0.05, 0) is 145 Å². The Balaban J connectivity index is 0.997. The number of likely N-dealkylation sites (N-methyl/N-ethyl adjacent to an activating group) is 1. The highest BCUT2D eigenvalue weighted by Gasteiger charge is 2.52. The molecule has 40 nitrogen and oxygen atoms in total. The number of anilines is 1. The van der Waals surface area contributed by atoms with Crippen molar-refractivity contribution in [2.24, 2.45) is 11.7 Å². The Morgan fingerprint density at radius 2 is 1.38 bits per heavy atom. The molecule has 43 heteroatoms. The van der Waals surface area contributed by atoms with Gasteiger partial charge in [0.25, 0.3) is 5.91 Å². The number of carbonyl (C=O) groups is 9. The lowest BCUT2D eigenvalue weighted by Gasteiger charge is -2.48. The van der Waals surface area contributed by atoms with Crippen molar-refractivity contribution in [3.05, 3.63) is 180 Å². The van der Waals surface area contributed by atoms with E-state index in [0.717, 1.165) is 66.7 Å². The number of halogens is 3. The van der Waals surface area contributed by atoms with Crippen molar-refractivity contribution in [2.45, 2.75) is 163 Å². The van der Waals surface area contributed by atoms with Crippen molar-refractivity contribution in [2.75, 3.05) is 45.8 Å². The van der Waals surface area contributed by atoms with Crippen molar-refractivity contribution in [1.29, 1.82) is 0 Å². The molecule has 7 aliphatic heterocycles. The number of benzene rings is 6. The number of aliphatic hydroxyl groups excluding tert-OH is 6. The van der Waals surface area contributed by atoms with Gasteiger partial charge in [0.15, 0.2) is 23.9 Å².